The third-order valence-corrected chi connectivity index (χ3v) is 5.10. The number of hydrogen-bond donors (Lipinski definition) is 2. The van der Waals surface area contributed by atoms with Crippen molar-refractivity contribution in [3.05, 3.63) is 35.6 Å². The van der Waals surface area contributed by atoms with Crippen LogP contribution in [0.4, 0.5) is 4.79 Å². The number of ether oxygens (including phenoxy) is 1. The van der Waals surface area contributed by atoms with Gasteiger partial charge in [0, 0.05) is 31.1 Å². The van der Waals surface area contributed by atoms with E-state index in [1.165, 1.54) is 0 Å². The fourth-order valence-electron chi connectivity index (χ4n) is 3.67. The summed E-state index contributed by atoms with van der Waals surface area (Å²) in [5.74, 6) is -0.282. The first-order valence-electron chi connectivity index (χ1n) is 8.46. The molecule has 4 amide bonds. The van der Waals surface area contributed by atoms with E-state index >= 15 is 0 Å². The maximum absolute atomic E-state index is 13.0. The van der Waals surface area contributed by atoms with Crippen LogP contribution in [0.5, 0.6) is 0 Å². The lowest BCUT2D eigenvalue weighted by atomic mass is 9.87. The highest BCUT2D eigenvalue weighted by Gasteiger charge is 2.48. The molecule has 8 heteroatoms. The zero-order valence-electron chi connectivity index (χ0n) is 14.3. The van der Waals surface area contributed by atoms with Gasteiger partial charge in [-0.1, -0.05) is 18.2 Å². The van der Waals surface area contributed by atoms with Gasteiger partial charge >= 0.3 is 6.03 Å². The minimum atomic E-state index is -0.906. The summed E-state index contributed by atoms with van der Waals surface area (Å²) in [5, 5.41) is 5.81. The molecule has 1 spiro atoms. The Morgan fingerprint density at radius 3 is 2.65 bits per heavy atom. The van der Waals surface area contributed by atoms with Crippen LogP contribution in [0.1, 0.15) is 29.0 Å². The largest absolute Gasteiger partial charge is 0.451 e. The standard InChI is InChI=1S/C18H19N3O5/c1-25-10-12-11-4-2-3-5-13(11)26-14(12)15(22)21-8-6-18(7-9-21)16(23)19-17(24)20-18/h2-5H,6-10H2,1H3,(H2,19,20,23,24). The molecule has 0 bridgehead atoms. The number of para-hydroxylation sites is 1. The molecule has 2 fully saturated rings. The maximum atomic E-state index is 13.0. The van der Waals surface area contributed by atoms with E-state index < -0.39 is 11.6 Å². The van der Waals surface area contributed by atoms with E-state index in [4.69, 9.17) is 9.15 Å². The Labute approximate surface area is 149 Å². The average Bonchev–Trinajstić information content (AvgIpc) is 3.13. The lowest BCUT2D eigenvalue weighted by Gasteiger charge is -2.36. The SMILES string of the molecule is COCc1c(C(=O)N2CCC3(CC2)NC(=O)NC3=O)oc2ccccc12. The average molecular weight is 357 g/mol. The van der Waals surface area contributed by atoms with Crippen molar-refractivity contribution in [3.63, 3.8) is 0 Å². The fourth-order valence-corrected chi connectivity index (χ4v) is 3.67. The number of carbonyl (C=O) groups is 3. The number of nitrogens with zero attached hydrogens (tertiary/aromatic N) is 1. The van der Waals surface area contributed by atoms with Crippen LogP contribution in [0.25, 0.3) is 11.0 Å². The zero-order chi connectivity index (χ0) is 18.3. The molecule has 136 valence electrons. The Bertz CT molecular complexity index is 895. The Kier molecular flexibility index (Phi) is 3.91. The van der Waals surface area contributed by atoms with Crippen molar-refractivity contribution >= 4 is 28.8 Å². The van der Waals surface area contributed by atoms with E-state index in [9.17, 15) is 14.4 Å². The number of hydrogen-bond acceptors (Lipinski definition) is 5. The highest BCUT2D eigenvalue weighted by molar-refractivity contribution is 6.07. The molecule has 8 nitrogen and oxygen atoms in total. The van der Waals surface area contributed by atoms with Crippen LogP contribution in [0.15, 0.2) is 28.7 Å². The highest BCUT2D eigenvalue weighted by atomic mass is 16.5. The number of likely N-dealkylation sites (tertiary alicyclic amines) is 1. The molecule has 2 aliphatic heterocycles. The van der Waals surface area contributed by atoms with Crippen LogP contribution in [0.3, 0.4) is 0 Å². The first kappa shape index (κ1) is 16.6. The number of urea groups is 1. The molecule has 2 aromatic rings. The Morgan fingerprint density at radius 1 is 1.27 bits per heavy atom. The monoisotopic (exact) mass is 357 g/mol. The van der Waals surface area contributed by atoms with Crippen molar-refractivity contribution in [3.8, 4) is 0 Å². The van der Waals surface area contributed by atoms with Crippen LogP contribution in [-0.4, -0.2) is 48.5 Å². The summed E-state index contributed by atoms with van der Waals surface area (Å²) in [4.78, 5) is 38.1. The van der Waals surface area contributed by atoms with Gasteiger partial charge in [0.15, 0.2) is 5.76 Å². The first-order valence-corrected chi connectivity index (χ1v) is 8.46. The second kappa shape index (κ2) is 6.14. The molecule has 1 aromatic carbocycles. The lowest BCUT2D eigenvalue weighted by molar-refractivity contribution is -0.125. The molecule has 26 heavy (non-hydrogen) atoms. The third kappa shape index (κ3) is 2.53. The molecular weight excluding hydrogens is 338 g/mol. The van der Waals surface area contributed by atoms with Gasteiger partial charge in [0.1, 0.15) is 11.1 Å². The van der Waals surface area contributed by atoms with Gasteiger partial charge in [-0.2, -0.15) is 0 Å². The number of piperidine rings is 1. The molecule has 2 saturated heterocycles. The van der Waals surface area contributed by atoms with Crippen LogP contribution in [-0.2, 0) is 16.1 Å². The number of benzene rings is 1. The second-order valence-electron chi connectivity index (χ2n) is 6.62. The van der Waals surface area contributed by atoms with E-state index in [2.05, 4.69) is 10.6 Å². The van der Waals surface area contributed by atoms with E-state index in [1.807, 2.05) is 24.3 Å². The molecular formula is C18H19N3O5. The van der Waals surface area contributed by atoms with Crippen molar-refractivity contribution in [2.45, 2.75) is 25.0 Å². The Morgan fingerprint density at radius 2 is 2.00 bits per heavy atom. The number of rotatable bonds is 3. The molecule has 0 aliphatic carbocycles. The van der Waals surface area contributed by atoms with E-state index in [1.54, 1.807) is 12.0 Å². The number of furan rings is 1. The van der Waals surface area contributed by atoms with Crippen LogP contribution in [0.2, 0.25) is 0 Å². The number of nitrogens with one attached hydrogen (secondary N) is 2. The fraction of sp³-hybridized carbons (Fsp3) is 0.389. The van der Waals surface area contributed by atoms with Crippen molar-refractivity contribution in [1.29, 1.82) is 0 Å². The molecule has 2 aliphatic rings. The molecule has 3 heterocycles. The molecule has 0 radical (unpaired) electrons. The summed E-state index contributed by atoms with van der Waals surface area (Å²) in [6.07, 6.45) is 0.742. The van der Waals surface area contributed by atoms with Crippen molar-refractivity contribution < 1.29 is 23.5 Å². The van der Waals surface area contributed by atoms with Gasteiger partial charge in [0.25, 0.3) is 11.8 Å². The van der Waals surface area contributed by atoms with Crippen molar-refractivity contribution in [1.82, 2.24) is 15.5 Å². The second-order valence-corrected chi connectivity index (χ2v) is 6.62. The van der Waals surface area contributed by atoms with Gasteiger partial charge in [0.05, 0.1) is 6.61 Å². The van der Waals surface area contributed by atoms with E-state index in [0.29, 0.717) is 31.5 Å². The van der Waals surface area contributed by atoms with E-state index in [0.717, 1.165) is 10.9 Å². The van der Waals surface area contributed by atoms with Gasteiger partial charge in [-0.05, 0) is 18.9 Å². The number of methoxy groups -OCH3 is 1. The van der Waals surface area contributed by atoms with Crippen LogP contribution < -0.4 is 10.6 Å². The van der Waals surface area contributed by atoms with Gasteiger partial charge in [-0.25, -0.2) is 4.79 Å². The van der Waals surface area contributed by atoms with Gasteiger partial charge in [-0.3, -0.25) is 14.9 Å². The molecule has 0 atom stereocenters. The van der Waals surface area contributed by atoms with Crippen molar-refractivity contribution in [2.75, 3.05) is 20.2 Å². The number of amides is 4. The topological polar surface area (TPSA) is 101 Å². The predicted octanol–water partition coefficient (Wildman–Crippen LogP) is 1.39. The Hall–Kier alpha value is -2.87. The smallest absolute Gasteiger partial charge is 0.322 e. The minimum Gasteiger partial charge on any atom is -0.451 e. The molecule has 2 N–H and O–H groups in total. The van der Waals surface area contributed by atoms with Gasteiger partial charge < -0.3 is 19.4 Å². The van der Waals surface area contributed by atoms with Gasteiger partial charge in [-0.15, -0.1) is 0 Å². The quantitative estimate of drug-likeness (QED) is 0.809. The number of fused-ring (bicyclic) bond motifs is 1. The highest BCUT2D eigenvalue weighted by Crippen LogP contribution is 2.30. The van der Waals surface area contributed by atoms with E-state index in [-0.39, 0.29) is 24.2 Å². The summed E-state index contributed by atoms with van der Waals surface area (Å²) in [6.45, 7) is 0.986. The van der Waals surface area contributed by atoms with Gasteiger partial charge in [0.2, 0.25) is 0 Å². The first-order chi connectivity index (χ1) is 12.5. The predicted molar refractivity (Wildman–Crippen MR) is 91.5 cm³/mol. The molecule has 0 unspecified atom stereocenters. The summed E-state index contributed by atoms with van der Waals surface area (Å²) < 4.78 is 11.0. The van der Waals surface area contributed by atoms with Crippen LogP contribution in [0, 0.1) is 0 Å². The summed E-state index contributed by atoms with van der Waals surface area (Å²) in [6, 6.07) is 6.97. The maximum Gasteiger partial charge on any atom is 0.322 e. The number of carbonyl (C=O) groups excluding carboxylic acids is 3. The minimum absolute atomic E-state index is 0.229. The number of imide groups is 1. The summed E-state index contributed by atoms with van der Waals surface area (Å²) >= 11 is 0. The van der Waals surface area contributed by atoms with Crippen LogP contribution >= 0.6 is 0 Å². The molecule has 4 rings (SSSR count). The van der Waals surface area contributed by atoms with Crippen molar-refractivity contribution in [2.24, 2.45) is 0 Å². The third-order valence-electron chi connectivity index (χ3n) is 5.10. The summed E-state index contributed by atoms with van der Waals surface area (Å²) in [5.41, 5.74) is 0.455. The zero-order valence-corrected chi connectivity index (χ0v) is 14.3. The lowest BCUT2D eigenvalue weighted by Crippen LogP contribution is -2.55. The Balaban J connectivity index is 1.58. The molecule has 0 saturated carbocycles. The normalized spacial score (nSPS) is 19.0. The molecule has 1 aromatic heterocycles. The summed E-state index contributed by atoms with van der Waals surface area (Å²) in [7, 11) is 1.57.